The molecule has 0 aliphatic rings. The zero-order valence-corrected chi connectivity index (χ0v) is 18.5. The van der Waals surface area contributed by atoms with Crippen molar-refractivity contribution in [2.24, 2.45) is 0 Å². The average Bonchev–Trinajstić information content (AvgIpc) is 3.05. The fourth-order valence-corrected chi connectivity index (χ4v) is 3.48. The molecule has 1 aromatic heterocycles. The van der Waals surface area contributed by atoms with Crippen LogP contribution in [-0.4, -0.2) is 30.9 Å². The average molecular weight is 494 g/mol. The lowest BCUT2D eigenvalue weighted by molar-refractivity contribution is -0.126. The molecule has 0 spiro atoms. The number of para-hydroxylation sites is 1. The molecule has 0 bridgehead atoms. The Morgan fingerprint density at radius 3 is 2.60 bits per heavy atom. The SMILES string of the molecule is Cc1cc(Br)ccc1NC(=O)CNC(=O)COC(=O)c1oc2c(Cl)cccc2c1C. The van der Waals surface area contributed by atoms with E-state index in [1.54, 1.807) is 37.3 Å². The van der Waals surface area contributed by atoms with Crippen molar-refractivity contribution in [2.45, 2.75) is 13.8 Å². The summed E-state index contributed by atoms with van der Waals surface area (Å²) in [7, 11) is 0. The van der Waals surface area contributed by atoms with E-state index < -0.39 is 24.4 Å². The van der Waals surface area contributed by atoms with Crippen molar-refractivity contribution in [1.29, 1.82) is 0 Å². The summed E-state index contributed by atoms with van der Waals surface area (Å²) in [6.45, 7) is 2.75. The van der Waals surface area contributed by atoms with Crippen LogP contribution in [0.4, 0.5) is 5.69 Å². The highest BCUT2D eigenvalue weighted by Crippen LogP contribution is 2.31. The lowest BCUT2D eigenvalue weighted by Gasteiger charge is -2.10. The zero-order chi connectivity index (χ0) is 21.8. The largest absolute Gasteiger partial charge is 0.450 e. The van der Waals surface area contributed by atoms with Crippen molar-refractivity contribution in [1.82, 2.24) is 5.32 Å². The van der Waals surface area contributed by atoms with E-state index in [0.29, 0.717) is 27.2 Å². The number of benzene rings is 2. The number of hydrogen-bond donors (Lipinski definition) is 2. The van der Waals surface area contributed by atoms with E-state index in [4.69, 9.17) is 20.8 Å². The number of esters is 1. The van der Waals surface area contributed by atoms with Gasteiger partial charge in [0, 0.05) is 21.1 Å². The number of furan rings is 1. The maximum atomic E-state index is 12.3. The quantitative estimate of drug-likeness (QED) is 0.497. The van der Waals surface area contributed by atoms with Crippen LogP contribution in [0.1, 0.15) is 21.7 Å². The van der Waals surface area contributed by atoms with Gasteiger partial charge in [-0.05, 0) is 43.7 Å². The molecule has 7 nitrogen and oxygen atoms in total. The first-order valence-corrected chi connectivity index (χ1v) is 10.1. The molecular formula is C21H18BrClN2O5. The molecule has 0 radical (unpaired) electrons. The predicted octanol–water partition coefficient (Wildman–Crippen LogP) is 4.38. The number of carbonyl (C=O) groups is 3. The van der Waals surface area contributed by atoms with Gasteiger partial charge in [0.05, 0.1) is 11.6 Å². The van der Waals surface area contributed by atoms with Crippen molar-refractivity contribution in [2.75, 3.05) is 18.5 Å². The molecule has 9 heteroatoms. The number of aryl methyl sites for hydroxylation is 2. The van der Waals surface area contributed by atoms with Crippen LogP contribution in [0.5, 0.6) is 0 Å². The van der Waals surface area contributed by atoms with Gasteiger partial charge in [0.2, 0.25) is 11.7 Å². The first-order chi connectivity index (χ1) is 14.3. The van der Waals surface area contributed by atoms with Gasteiger partial charge in [-0.1, -0.05) is 39.7 Å². The van der Waals surface area contributed by atoms with Crippen molar-refractivity contribution in [3.8, 4) is 0 Å². The molecule has 30 heavy (non-hydrogen) atoms. The third kappa shape index (κ3) is 5.01. The molecular weight excluding hydrogens is 476 g/mol. The molecule has 0 aliphatic carbocycles. The monoisotopic (exact) mass is 492 g/mol. The summed E-state index contributed by atoms with van der Waals surface area (Å²) in [6, 6.07) is 10.6. The van der Waals surface area contributed by atoms with E-state index in [9.17, 15) is 14.4 Å². The first-order valence-electron chi connectivity index (χ1n) is 8.93. The molecule has 156 valence electrons. The minimum Gasteiger partial charge on any atom is -0.450 e. The highest BCUT2D eigenvalue weighted by atomic mass is 79.9. The van der Waals surface area contributed by atoms with Gasteiger partial charge < -0.3 is 19.8 Å². The molecule has 0 unspecified atom stereocenters. The molecule has 0 saturated heterocycles. The Bertz CT molecular complexity index is 1140. The second kappa shape index (κ2) is 9.32. The number of halogens is 2. The maximum Gasteiger partial charge on any atom is 0.375 e. The van der Waals surface area contributed by atoms with E-state index in [1.165, 1.54) is 0 Å². The van der Waals surface area contributed by atoms with Gasteiger partial charge >= 0.3 is 5.97 Å². The van der Waals surface area contributed by atoms with Gasteiger partial charge in [0.15, 0.2) is 12.2 Å². The minimum atomic E-state index is -0.787. The summed E-state index contributed by atoms with van der Waals surface area (Å²) in [6.07, 6.45) is 0. The Labute approximate surface area is 185 Å². The van der Waals surface area contributed by atoms with Crippen molar-refractivity contribution >= 4 is 62.0 Å². The van der Waals surface area contributed by atoms with E-state index in [-0.39, 0.29) is 12.3 Å². The fourth-order valence-electron chi connectivity index (χ4n) is 2.79. The summed E-state index contributed by atoms with van der Waals surface area (Å²) in [4.78, 5) is 36.2. The number of fused-ring (bicyclic) bond motifs is 1. The number of carbonyl (C=O) groups excluding carboxylic acids is 3. The third-order valence-corrected chi connectivity index (χ3v) is 5.13. The molecule has 1 heterocycles. The maximum absolute atomic E-state index is 12.3. The van der Waals surface area contributed by atoms with Gasteiger partial charge in [0.25, 0.3) is 5.91 Å². The van der Waals surface area contributed by atoms with E-state index in [2.05, 4.69) is 26.6 Å². The second-order valence-corrected chi connectivity index (χ2v) is 7.86. The zero-order valence-electron chi connectivity index (χ0n) is 16.2. The number of amides is 2. The van der Waals surface area contributed by atoms with Crippen molar-refractivity contribution in [3.05, 3.63) is 62.8 Å². The number of hydrogen-bond acceptors (Lipinski definition) is 5. The molecule has 0 saturated carbocycles. The topological polar surface area (TPSA) is 97.6 Å². The third-order valence-electron chi connectivity index (χ3n) is 4.34. The molecule has 2 N–H and O–H groups in total. The Balaban J connectivity index is 1.51. The number of anilines is 1. The van der Waals surface area contributed by atoms with Crippen molar-refractivity contribution < 1.29 is 23.5 Å². The normalized spacial score (nSPS) is 10.7. The number of rotatable bonds is 6. The molecule has 0 fully saturated rings. The van der Waals surface area contributed by atoms with Crippen LogP contribution in [0.25, 0.3) is 11.0 Å². The fraction of sp³-hybridized carbons (Fsp3) is 0.190. The Morgan fingerprint density at radius 2 is 1.90 bits per heavy atom. The minimum absolute atomic E-state index is 0.0191. The van der Waals surface area contributed by atoms with Gasteiger partial charge in [-0.2, -0.15) is 0 Å². The van der Waals surface area contributed by atoms with Gasteiger partial charge in [-0.3, -0.25) is 9.59 Å². The molecule has 3 aromatic rings. The molecule has 2 aromatic carbocycles. The Kier molecular flexibility index (Phi) is 6.79. The van der Waals surface area contributed by atoms with Crippen molar-refractivity contribution in [3.63, 3.8) is 0 Å². The predicted molar refractivity (Wildman–Crippen MR) is 117 cm³/mol. The summed E-state index contributed by atoms with van der Waals surface area (Å²) in [5, 5.41) is 6.17. The van der Waals surface area contributed by atoms with Crippen LogP contribution in [0.2, 0.25) is 5.02 Å². The van der Waals surface area contributed by atoms with Crippen LogP contribution in [-0.2, 0) is 14.3 Å². The number of ether oxygens (including phenoxy) is 1. The standard InChI is InChI=1S/C21H18BrClN2O5/c1-11-8-13(22)6-7-16(11)25-17(26)9-24-18(27)10-29-21(28)19-12(2)14-4-3-5-15(23)20(14)30-19/h3-8H,9-10H2,1-2H3,(H,24,27)(H,25,26). The van der Waals surface area contributed by atoms with Gasteiger partial charge in [-0.25, -0.2) is 4.79 Å². The molecule has 3 rings (SSSR count). The van der Waals surface area contributed by atoms with E-state index in [1.807, 2.05) is 13.0 Å². The highest BCUT2D eigenvalue weighted by molar-refractivity contribution is 9.10. The lowest BCUT2D eigenvalue weighted by Crippen LogP contribution is -2.35. The smallest absolute Gasteiger partial charge is 0.375 e. The second-order valence-electron chi connectivity index (χ2n) is 6.53. The first kappa shape index (κ1) is 21.9. The summed E-state index contributed by atoms with van der Waals surface area (Å²) >= 11 is 9.42. The lowest BCUT2D eigenvalue weighted by atomic mass is 10.1. The molecule has 2 amide bonds. The summed E-state index contributed by atoms with van der Waals surface area (Å²) in [5.41, 5.74) is 2.47. The molecule has 0 aliphatic heterocycles. The highest BCUT2D eigenvalue weighted by Gasteiger charge is 2.21. The summed E-state index contributed by atoms with van der Waals surface area (Å²) in [5.74, 6) is -1.82. The van der Waals surface area contributed by atoms with E-state index in [0.717, 1.165) is 10.0 Å². The Hall–Kier alpha value is -2.84. The van der Waals surface area contributed by atoms with Gasteiger partial charge in [0.1, 0.15) is 0 Å². The van der Waals surface area contributed by atoms with Crippen LogP contribution in [0, 0.1) is 13.8 Å². The van der Waals surface area contributed by atoms with Crippen LogP contribution in [0.15, 0.2) is 45.3 Å². The van der Waals surface area contributed by atoms with Crippen LogP contribution < -0.4 is 10.6 Å². The van der Waals surface area contributed by atoms with Crippen LogP contribution in [0.3, 0.4) is 0 Å². The molecule has 0 atom stereocenters. The van der Waals surface area contributed by atoms with E-state index >= 15 is 0 Å². The van der Waals surface area contributed by atoms with Gasteiger partial charge in [-0.15, -0.1) is 0 Å². The Morgan fingerprint density at radius 1 is 1.13 bits per heavy atom. The summed E-state index contributed by atoms with van der Waals surface area (Å²) < 4.78 is 11.4. The van der Waals surface area contributed by atoms with Crippen LogP contribution >= 0.6 is 27.5 Å². The number of nitrogens with one attached hydrogen (secondary N) is 2.